The standard InChI is InChI=1S/C23H21N3O4/c1-14-21-17(16-9-5-6-10-18(16)25-21)11-19(24-14)22(28)26-20(12-27)23(29)30-13-15-7-3-2-4-8-15/h2-11,20,25,27H,12-13H2,1H3,(H,26,28)/t20-/m0/s1. The van der Waals surface area contributed by atoms with Crippen LogP contribution in [0.25, 0.3) is 21.8 Å². The molecule has 2 heterocycles. The fourth-order valence-electron chi connectivity index (χ4n) is 3.36. The Balaban J connectivity index is 1.52. The summed E-state index contributed by atoms with van der Waals surface area (Å²) < 4.78 is 5.22. The number of aromatic nitrogens is 2. The van der Waals surface area contributed by atoms with Crippen LogP contribution in [0.5, 0.6) is 0 Å². The van der Waals surface area contributed by atoms with E-state index in [2.05, 4.69) is 15.3 Å². The van der Waals surface area contributed by atoms with Crippen LogP contribution in [0.4, 0.5) is 0 Å². The van der Waals surface area contributed by atoms with E-state index in [1.165, 1.54) is 0 Å². The highest BCUT2D eigenvalue weighted by molar-refractivity contribution is 6.10. The number of amides is 1. The number of carbonyl (C=O) groups is 2. The highest BCUT2D eigenvalue weighted by Crippen LogP contribution is 2.27. The summed E-state index contributed by atoms with van der Waals surface area (Å²) in [6.07, 6.45) is 0. The smallest absolute Gasteiger partial charge is 0.331 e. The maximum atomic E-state index is 12.7. The van der Waals surface area contributed by atoms with Crippen LogP contribution in [0.1, 0.15) is 21.7 Å². The van der Waals surface area contributed by atoms with Gasteiger partial charge in [0, 0.05) is 16.3 Å². The molecule has 2 aromatic carbocycles. The van der Waals surface area contributed by atoms with Gasteiger partial charge in [-0.3, -0.25) is 4.79 Å². The Hall–Kier alpha value is -3.71. The molecular weight excluding hydrogens is 382 g/mol. The Morgan fingerprint density at radius 1 is 1.10 bits per heavy atom. The molecule has 0 bridgehead atoms. The summed E-state index contributed by atoms with van der Waals surface area (Å²) in [6, 6.07) is 17.5. The first-order chi connectivity index (χ1) is 14.6. The first-order valence-corrected chi connectivity index (χ1v) is 9.57. The van der Waals surface area contributed by atoms with Gasteiger partial charge >= 0.3 is 5.97 Å². The van der Waals surface area contributed by atoms with Gasteiger partial charge in [-0.2, -0.15) is 0 Å². The first-order valence-electron chi connectivity index (χ1n) is 9.57. The molecule has 1 amide bonds. The normalized spacial score (nSPS) is 12.1. The summed E-state index contributed by atoms with van der Waals surface area (Å²) >= 11 is 0. The Bertz CT molecular complexity index is 1220. The van der Waals surface area contributed by atoms with E-state index in [0.29, 0.717) is 5.69 Å². The SMILES string of the molecule is Cc1nc(C(=O)N[C@@H](CO)C(=O)OCc2ccccc2)cc2c1[nH]c1ccccc12. The highest BCUT2D eigenvalue weighted by atomic mass is 16.5. The lowest BCUT2D eigenvalue weighted by Gasteiger charge is -2.15. The van der Waals surface area contributed by atoms with E-state index in [4.69, 9.17) is 4.74 Å². The van der Waals surface area contributed by atoms with Gasteiger partial charge in [-0.05, 0) is 24.6 Å². The second-order valence-electron chi connectivity index (χ2n) is 6.99. The predicted molar refractivity (Wildman–Crippen MR) is 113 cm³/mol. The van der Waals surface area contributed by atoms with Gasteiger partial charge in [-0.15, -0.1) is 0 Å². The van der Waals surface area contributed by atoms with E-state index in [1.807, 2.05) is 61.5 Å². The predicted octanol–water partition coefficient (Wildman–Crippen LogP) is 2.86. The van der Waals surface area contributed by atoms with E-state index in [-0.39, 0.29) is 12.3 Å². The molecule has 0 saturated carbocycles. The average molecular weight is 403 g/mol. The maximum absolute atomic E-state index is 12.7. The van der Waals surface area contributed by atoms with E-state index >= 15 is 0 Å². The van der Waals surface area contributed by atoms with Crippen molar-refractivity contribution in [3.05, 3.63) is 77.6 Å². The number of carbonyl (C=O) groups excluding carboxylic acids is 2. The van der Waals surface area contributed by atoms with Crippen molar-refractivity contribution in [1.29, 1.82) is 0 Å². The molecular formula is C23H21N3O4. The quantitative estimate of drug-likeness (QED) is 0.430. The number of para-hydroxylation sites is 1. The highest BCUT2D eigenvalue weighted by Gasteiger charge is 2.23. The number of aliphatic hydroxyl groups is 1. The molecule has 3 N–H and O–H groups in total. The molecule has 0 spiro atoms. The first kappa shape index (κ1) is 19.6. The van der Waals surface area contributed by atoms with Crippen LogP contribution in [-0.4, -0.2) is 39.6 Å². The molecule has 0 radical (unpaired) electrons. The zero-order valence-electron chi connectivity index (χ0n) is 16.4. The number of aromatic amines is 1. The molecule has 2 aromatic heterocycles. The number of H-pyrrole nitrogens is 1. The van der Waals surface area contributed by atoms with Crippen molar-refractivity contribution < 1.29 is 19.4 Å². The number of esters is 1. The van der Waals surface area contributed by atoms with Gasteiger partial charge in [-0.25, -0.2) is 9.78 Å². The number of aliphatic hydroxyl groups excluding tert-OH is 1. The molecule has 30 heavy (non-hydrogen) atoms. The van der Waals surface area contributed by atoms with E-state index in [0.717, 1.165) is 27.4 Å². The number of nitrogens with zero attached hydrogens (tertiary/aromatic N) is 1. The van der Waals surface area contributed by atoms with Gasteiger partial charge in [0.05, 0.1) is 17.8 Å². The topological polar surface area (TPSA) is 104 Å². The molecule has 0 aliphatic carbocycles. The van der Waals surface area contributed by atoms with Gasteiger partial charge in [0.25, 0.3) is 5.91 Å². The van der Waals surface area contributed by atoms with Crippen molar-refractivity contribution in [2.75, 3.05) is 6.61 Å². The minimum Gasteiger partial charge on any atom is -0.459 e. The molecule has 0 aliphatic rings. The van der Waals surface area contributed by atoms with Crippen LogP contribution < -0.4 is 5.32 Å². The van der Waals surface area contributed by atoms with Crippen LogP contribution in [0.15, 0.2) is 60.7 Å². The Kier molecular flexibility index (Phi) is 5.45. The minimum absolute atomic E-state index is 0.0602. The monoisotopic (exact) mass is 403 g/mol. The van der Waals surface area contributed by atoms with Gasteiger partial charge < -0.3 is 20.1 Å². The molecule has 7 heteroatoms. The molecule has 0 unspecified atom stereocenters. The molecule has 0 aliphatic heterocycles. The third kappa shape index (κ3) is 3.88. The van der Waals surface area contributed by atoms with Crippen LogP contribution in [0.2, 0.25) is 0 Å². The molecule has 1 atom stereocenters. The molecule has 7 nitrogen and oxygen atoms in total. The van der Waals surface area contributed by atoms with Crippen LogP contribution in [-0.2, 0) is 16.1 Å². The zero-order chi connectivity index (χ0) is 21.1. The summed E-state index contributed by atoms with van der Waals surface area (Å²) in [7, 11) is 0. The number of fused-ring (bicyclic) bond motifs is 3. The lowest BCUT2D eigenvalue weighted by atomic mass is 10.1. The third-order valence-corrected chi connectivity index (χ3v) is 4.91. The number of nitrogens with one attached hydrogen (secondary N) is 2. The largest absolute Gasteiger partial charge is 0.459 e. The van der Waals surface area contributed by atoms with Crippen molar-refractivity contribution in [3.63, 3.8) is 0 Å². The Morgan fingerprint density at radius 3 is 2.60 bits per heavy atom. The number of ether oxygens (including phenoxy) is 1. The van der Waals surface area contributed by atoms with Crippen LogP contribution in [0, 0.1) is 6.92 Å². The lowest BCUT2D eigenvalue weighted by molar-refractivity contribution is -0.148. The van der Waals surface area contributed by atoms with Crippen molar-refractivity contribution in [2.45, 2.75) is 19.6 Å². The van der Waals surface area contributed by atoms with Gasteiger partial charge in [-0.1, -0.05) is 48.5 Å². The van der Waals surface area contributed by atoms with E-state index in [9.17, 15) is 14.7 Å². The Morgan fingerprint density at radius 2 is 1.83 bits per heavy atom. The van der Waals surface area contributed by atoms with E-state index in [1.54, 1.807) is 6.07 Å². The lowest BCUT2D eigenvalue weighted by Crippen LogP contribution is -2.44. The minimum atomic E-state index is -1.18. The van der Waals surface area contributed by atoms with Gasteiger partial charge in [0.15, 0.2) is 6.04 Å². The number of hydrogen-bond donors (Lipinski definition) is 3. The molecule has 0 fully saturated rings. The van der Waals surface area contributed by atoms with Gasteiger partial charge in [0.2, 0.25) is 0 Å². The zero-order valence-corrected chi connectivity index (χ0v) is 16.4. The molecule has 4 aromatic rings. The fourth-order valence-corrected chi connectivity index (χ4v) is 3.36. The average Bonchev–Trinajstić information content (AvgIpc) is 3.16. The van der Waals surface area contributed by atoms with Crippen molar-refractivity contribution in [2.24, 2.45) is 0 Å². The van der Waals surface area contributed by atoms with Crippen LogP contribution in [0.3, 0.4) is 0 Å². The van der Waals surface area contributed by atoms with Crippen molar-refractivity contribution in [1.82, 2.24) is 15.3 Å². The molecule has 4 rings (SSSR count). The number of aryl methyl sites for hydroxylation is 1. The summed E-state index contributed by atoms with van der Waals surface area (Å²) in [5.74, 6) is -1.26. The second kappa shape index (κ2) is 8.34. The summed E-state index contributed by atoms with van der Waals surface area (Å²) in [5, 5.41) is 13.9. The number of rotatable bonds is 6. The number of benzene rings is 2. The maximum Gasteiger partial charge on any atom is 0.331 e. The van der Waals surface area contributed by atoms with E-state index < -0.39 is 24.5 Å². The van der Waals surface area contributed by atoms with Crippen LogP contribution >= 0.6 is 0 Å². The summed E-state index contributed by atoms with van der Waals surface area (Å²) in [5.41, 5.74) is 3.46. The number of pyridine rings is 1. The second-order valence-corrected chi connectivity index (χ2v) is 6.99. The molecule has 152 valence electrons. The van der Waals surface area contributed by atoms with Crippen molar-refractivity contribution >= 4 is 33.7 Å². The van der Waals surface area contributed by atoms with Gasteiger partial charge in [0.1, 0.15) is 12.3 Å². The summed E-state index contributed by atoms with van der Waals surface area (Å²) in [6.45, 7) is 1.30. The van der Waals surface area contributed by atoms with Crippen molar-refractivity contribution in [3.8, 4) is 0 Å². The third-order valence-electron chi connectivity index (χ3n) is 4.91. The molecule has 0 saturated heterocycles. The number of hydrogen-bond acceptors (Lipinski definition) is 5. The fraction of sp³-hybridized carbons (Fsp3) is 0.174. The summed E-state index contributed by atoms with van der Waals surface area (Å²) in [4.78, 5) is 32.7. The Labute approximate surface area is 172 Å².